The number of rotatable bonds is 6. The molecule has 0 bridgehead atoms. The summed E-state index contributed by atoms with van der Waals surface area (Å²) in [6, 6.07) is 9.81. The van der Waals surface area contributed by atoms with Gasteiger partial charge in [-0.1, -0.05) is 12.1 Å². The molecular formula is C14H16N4O4S. The lowest BCUT2D eigenvalue weighted by atomic mass is 10.2. The number of nitrogens with zero attached hydrogens (tertiary/aromatic N) is 2. The van der Waals surface area contributed by atoms with E-state index in [9.17, 15) is 13.2 Å². The van der Waals surface area contributed by atoms with E-state index in [0.29, 0.717) is 17.1 Å². The number of para-hydroxylation sites is 1. The molecule has 0 unspecified atom stereocenters. The molecule has 2 N–H and O–H groups in total. The van der Waals surface area contributed by atoms with Crippen LogP contribution in [0.25, 0.3) is 0 Å². The van der Waals surface area contributed by atoms with Gasteiger partial charge in [0.2, 0.25) is 10.0 Å². The highest BCUT2D eigenvalue weighted by atomic mass is 32.2. The Balaban J connectivity index is 2.18. The first kappa shape index (κ1) is 16.7. The highest BCUT2D eigenvalue weighted by Crippen LogP contribution is 2.20. The Labute approximate surface area is 133 Å². The smallest absolute Gasteiger partial charge is 0.339 e. The predicted molar refractivity (Wildman–Crippen MR) is 86.2 cm³/mol. The van der Waals surface area contributed by atoms with E-state index in [1.165, 1.54) is 20.1 Å². The van der Waals surface area contributed by atoms with E-state index in [4.69, 9.17) is 4.74 Å². The summed E-state index contributed by atoms with van der Waals surface area (Å²) in [7, 11) is -2.10. The summed E-state index contributed by atoms with van der Waals surface area (Å²) in [6.45, 7) is 1.52. The number of anilines is 3. The van der Waals surface area contributed by atoms with Crippen molar-refractivity contribution in [3.63, 3.8) is 0 Å². The summed E-state index contributed by atoms with van der Waals surface area (Å²) >= 11 is 0. The lowest BCUT2D eigenvalue weighted by molar-refractivity contribution is 0.0602. The highest BCUT2D eigenvalue weighted by molar-refractivity contribution is 7.92. The number of benzene rings is 1. The molecule has 0 radical (unpaired) electrons. The van der Waals surface area contributed by atoms with Gasteiger partial charge in [0.25, 0.3) is 0 Å². The predicted octanol–water partition coefficient (Wildman–Crippen LogP) is 1.77. The monoisotopic (exact) mass is 336 g/mol. The van der Waals surface area contributed by atoms with E-state index >= 15 is 0 Å². The van der Waals surface area contributed by atoms with E-state index in [0.717, 1.165) is 0 Å². The van der Waals surface area contributed by atoms with E-state index < -0.39 is 16.0 Å². The van der Waals surface area contributed by atoms with Gasteiger partial charge in [-0.25, -0.2) is 13.2 Å². The molecule has 2 rings (SSSR count). The SMILES string of the molecule is CCS(=O)(=O)Nc1ccc(Nc2ccccc2C(=O)OC)nn1. The minimum atomic E-state index is -3.40. The molecule has 0 aliphatic heterocycles. The van der Waals surface area contributed by atoms with Gasteiger partial charge in [0.05, 0.1) is 24.1 Å². The molecule has 0 spiro atoms. The summed E-state index contributed by atoms with van der Waals surface area (Å²) in [5.74, 6) is -0.0471. The zero-order valence-corrected chi connectivity index (χ0v) is 13.4. The van der Waals surface area contributed by atoms with E-state index in [-0.39, 0.29) is 11.6 Å². The second kappa shape index (κ2) is 7.05. The number of methoxy groups -OCH3 is 1. The average molecular weight is 336 g/mol. The Morgan fingerprint density at radius 3 is 2.39 bits per heavy atom. The molecule has 122 valence electrons. The Morgan fingerprint density at radius 2 is 1.78 bits per heavy atom. The molecular weight excluding hydrogens is 320 g/mol. The second-order valence-electron chi connectivity index (χ2n) is 4.47. The van der Waals surface area contributed by atoms with Crippen molar-refractivity contribution < 1.29 is 17.9 Å². The molecule has 0 amide bonds. The molecule has 0 aliphatic carbocycles. The molecule has 8 nitrogen and oxygen atoms in total. The maximum absolute atomic E-state index is 11.7. The Kier molecular flexibility index (Phi) is 5.12. The minimum Gasteiger partial charge on any atom is -0.465 e. The van der Waals surface area contributed by atoms with Crippen LogP contribution in [0, 0.1) is 0 Å². The third kappa shape index (κ3) is 4.39. The maximum atomic E-state index is 11.7. The van der Waals surface area contributed by atoms with E-state index in [1.54, 1.807) is 30.3 Å². The number of nitrogens with one attached hydrogen (secondary N) is 2. The first-order valence-corrected chi connectivity index (χ1v) is 8.39. The third-order valence-corrected chi connectivity index (χ3v) is 4.18. The lowest BCUT2D eigenvalue weighted by Gasteiger charge is -2.10. The van der Waals surface area contributed by atoms with Crippen LogP contribution in [-0.2, 0) is 14.8 Å². The van der Waals surface area contributed by atoms with Crippen LogP contribution in [0.15, 0.2) is 36.4 Å². The van der Waals surface area contributed by atoms with Gasteiger partial charge in [-0.3, -0.25) is 4.72 Å². The summed E-state index contributed by atoms with van der Waals surface area (Å²) in [6.07, 6.45) is 0. The molecule has 0 saturated heterocycles. The van der Waals surface area contributed by atoms with Crippen molar-refractivity contribution in [3.8, 4) is 0 Å². The zero-order chi connectivity index (χ0) is 16.9. The molecule has 0 saturated carbocycles. The van der Waals surface area contributed by atoms with Crippen LogP contribution < -0.4 is 10.0 Å². The zero-order valence-electron chi connectivity index (χ0n) is 12.6. The summed E-state index contributed by atoms with van der Waals surface area (Å²) < 4.78 is 29.9. The van der Waals surface area contributed by atoms with E-state index in [2.05, 4.69) is 20.2 Å². The third-order valence-electron chi connectivity index (χ3n) is 2.90. The topological polar surface area (TPSA) is 110 Å². The fourth-order valence-electron chi connectivity index (χ4n) is 1.70. The molecule has 1 heterocycles. The van der Waals surface area contributed by atoms with Crippen LogP contribution in [0.4, 0.5) is 17.3 Å². The maximum Gasteiger partial charge on any atom is 0.339 e. The number of carbonyl (C=O) groups excluding carboxylic acids is 1. The van der Waals surface area contributed by atoms with Crippen LogP contribution in [0.5, 0.6) is 0 Å². The quantitative estimate of drug-likeness (QED) is 0.773. The van der Waals surface area contributed by atoms with Gasteiger partial charge in [0.15, 0.2) is 11.6 Å². The molecule has 2 aromatic rings. The number of aromatic nitrogens is 2. The van der Waals surface area contributed by atoms with Crippen LogP contribution in [0.3, 0.4) is 0 Å². The average Bonchev–Trinajstić information content (AvgIpc) is 2.56. The fraction of sp³-hybridized carbons (Fsp3) is 0.214. The number of hydrogen-bond acceptors (Lipinski definition) is 7. The minimum absolute atomic E-state index is 0.0544. The second-order valence-corrected chi connectivity index (χ2v) is 6.48. The Hall–Kier alpha value is -2.68. The number of ether oxygens (including phenoxy) is 1. The van der Waals surface area contributed by atoms with Gasteiger partial charge >= 0.3 is 5.97 Å². The highest BCUT2D eigenvalue weighted by Gasteiger charge is 2.12. The number of esters is 1. The fourth-order valence-corrected chi connectivity index (χ4v) is 2.27. The first-order chi connectivity index (χ1) is 10.9. The Morgan fingerprint density at radius 1 is 1.13 bits per heavy atom. The van der Waals surface area contributed by atoms with Gasteiger partial charge in [-0.15, -0.1) is 10.2 Å². The summed E-state index contributed by atoms with van der Waals surface area (Å²) in [5, 5.41) is 10.6. The van der Waals surface area contributed by atoms with Crippen LogP contribution >= 0.6 is 0 Å². The van der Waals surface area contributed by atoms with Crippen molar-refractivity contribution in [2.24, 2.45) is 0 Å². The van der Waals surface area contributed by atoms with Gasteiger partial charge in [-0.2, -0.15) is 0 Å². The van der Waals surface area contributed by atoms with Crippen molar-refractivity contribution in [3.05, 3.63) is 42.0 Å². The summed E-state index contributed by atoms with van der Waals surface area (Å²) in [5.41, 5.74) is 0.864. The lowest BCUT2D eigenvalue weighted by Crippen LogP contribution is -2.16. The van der Waals surface area contributed by atoms with Crippen LogP contribution in [-0.4, -0.2) is 37.4 Å². The number of carbonyl (C=O) groups is 1. The largest absolute Gasteiger partial charge is 0.465 e. The van der Waals surface area contributed by atoms with Crippen LogP contribution in [0.2, 0.25) is 0 Å². The van der Waals surface area contributed by atoms with Gasteiger partial charge < -0.3 is 10.1 Å². The van der Waals surface area contributed by atoms with E-state index in [1.807, 2.05) is 0 Å². The molecule has 0 aliphatic rings. The van der Waals surface area contributed by atoms with Gasteiger partial charge in [0.1, 0.15) is 0 Å². The van der Waals surface area contributed by atoms with Crippen LogP contribution in [0.1, 0.15) is 17.3 Å². The molecule has 1 aromatic heterocycles. The molecule has 9 heteroatoms. The molecule has 1 aromatic carbocycles. The van der Waals surface area contributed by atoms with Crippen molar-refractivity contribution in [2.75, 3.05) is 22.9 Å². The van der Waals surface area contributed by atoms with Gasteiger partial charge in [0, 0.05) is 0 Å². The standard InChI is InChI=1S/C14H16N4O4S/c1-3-23(20,21)18-13-9-8-12(16-17-13)15-11-7-5-4-6-10(11)14(19)22-2/h4-9H,3H2,1-2H3,(H,15,16)(H,17,18). The number of hydrogen-bond donors (Lipinski definition) is 2. The molecule has 0 atom stereocenters. The molecule has 0 fully saturated rings. The Bertz CT molecular complexity index is 791. The van der Waals surface area contributed by atoms with Gasteiger partial charge in [-0.05, 0) is 31.2 Å². The normalized spacial score (nSPS) is 10.9. The van der Waals surface area contributed by atoms with Crippen molar-refractivity contribution in [1.82, 2.24) is 10.2 Å². The number of sulfonamides is 1. The van der Waals surface area contributed by atoms with Crippen molar-refractivity contribution in [2.45, 2.75) is 6.92 Å². The van der Waals surface area contributed by atoms with Crippen molar-refractivity contribution in [1.29, 1.82) is 0 Å². The molecule has 23 heavy (non-hydrogen) atoms. The van der Waals surface area contributed by atoms with Crippen molar-refractivity contribution >= 4 is 33.3 Å². The first-order valence-electron chi connectivity index (χ1n) is 6.73. The summed E-state index contributed by atoms with van der Waals surface area (Å²) in [4.78, 5) is 11.7.